The summed E-state index contributed by atoms with van der Waals surface area (Å²) in [4.78, 5) is 61.6. The molecule has 0 aliphatic rings. The van der Waals surface area contributed by atoms with Crippen molar-refractivity contribution in [3.63, 3.8) is 0 Å². The summed E-state index contributed by atoms with van der Waals surface area (Å²) in [6.45, 7) is 14.3. The number of carbonyl (C=O) groups is 5. The largest absolute Gasteiger partial charge is 0.481 e. The van der Waals surface area contributed by atoms with Crippen LogP contribution in [0.15, 0.2) is 0 Å². The van der Waals surface area contributed by atoms with Crippen LogP contribution in [0.3, 0.4) is 0 Å². The van der Waals surface area contributed by atoms with Crippen molar-refractivity contribution in [1.82, 2.24) is 26.6 Å². The molecular weight excluding hydrogens is 490 g/mol. The molecular formula is C27H51N5O6. The first-order valence-corrected chi connectivity index (χ1v) is 14.0. The average molecular weight is 542 g/mol. The van der Waals surface area contributed by atoms with E-state index in [0.29, 0.717) is 44.7 Å². The smallest absolute Gasteiger partial charge is 0.303 e. The summed E-state index contributed by atoms with van der Waals surface area (Å²) in [6, 6.07) is -2.27. The molecule has 0 heterocycles. The predicted molar refractivity (Wildman–Crippen MR) is 147 cm³/mol. The van der Waals surface area contributed by atoms with Crippen molar-refractivity contribution in [3.05, 3.63) is 0 Å². The SMILES string of the molecule is CCC[C@H](NC(=O)[C@@H](NC(=O)CCCC(=O)O)C(C)CC)C(=O)N[C@H](CN[C@@H](C)C(=O)NCC)CC(C)C. The zero-order chi connectivity index (χ0) is 29.3. The maximum absolute atomic E-state index is 13.3. The standard InChI is InChI=1S/C27H51N5O6/c1-8-12-21(26(37)30-20(15-17(4)5)16-29-19(7)25(36)28-10-3)31-27(38)24(18(6)9-2)32-22(33)13-11-14-23(34)35/h17-21,24,29H,8-16H2,1-7H3,(H,28,36)(H,30,37)(H,31,38)(H,32,33)(H,34,35)/t18?,19-,20-,21-,24-/m0/s1. The van der Waals surface area contributed by atoms with Gasteiger partial charge in [0, 0.05) is 32.0 Å². The highest BCUT2D eigenvalue weighted by Gasteiger charge is 2.30. The Kier molecular flexibility index (Phi) is 18.0. The topological polar surface area (TPSA) is 166 Å². The van der Waals surface area contributed by atoms with E-state index in [-0.39, 0.29) is 43.0 Å². The lowest BCUT2D eigenvalue weighted by molar-refractivity contribution is -0.137. The molecule has 11 nitrogen and oxygen atoms in total. The maximum Gasteiger partial charge on any atom is 0.303 e. The molecule has 0 aromatic carbocycles. The number of amides is 4. The summed E-state index contributed by atoms with van der Waals surface area (Å²) in [6.07, 6.45) is 2.47. The predicted octanol–water partition coefficient (Wildman–Crippen LogP) is 1.70. The average Bonchev–Trinajstić information content (AvgIpc) is 2.84. The van der Waals surface area contributed by atoms with Crippen LogP contribution in [0.4, 0.5) is 0 Å². The Labute approximate surface area is 228 Å². The van der Waals surface area contributed by atoms with Crippen molar-refractivity contribution in [2.75, 3.05) is 13.1 Å². The molecule has 38 heavy (non-hydrogen) atoms. The zero-order valence-corrected chi connectivity index (χ0v) is 24.3. The molecule has 0 aliphatic heterocycles. The quantitative estimate of drug-likeness (QED) is 0.136. The Bertz CT molecular complexity index is 760. The molecule has 0 saturated carbocycles. The summed E-state index contributed by atoms with van der Waals surface area (Å²) in [5.41, 5.74) is 0. The molecule has 1 unspecified atom stereocenters. The van der Waals surface area contributed by atoms with E-state index in [9.17, 15) is 24.0 Å². The fraction of sp³-hybridized carbons (Fsp3) is 0.815. The van der Waals surface area contributed by atoms with E-state index in [4.69, 9.17) is 5.11 Å². The summed E-state index contributed by atoms with van der Waals surface area (Å²) >= 11 is 0. The van der Waals surface area contributed by atoms with Gasteiger partial charge in [-0.1, -0.05) is 47.5 Å². The van der Waals surface area contributed by atoms with E-state index in [2.05, 4.69) is 26.6 Å². The Hall–Kier alpha value is -2.69. The van der Waals surface area contributed by atoms with E-state index < -0.39 is 35.9 Å². The zero-order valence-electron chi connectivity index (χ0n) is 24.3. The van der Waals surface area contributed by atoms with Crippen LogP contribution in [0.25, 0.3) is 0 Å². The fourth-order valence-corrected chi connectivity index (χ4v) is 3.97. The molecule has 0 fully saturated rings. The van der Waals surface area contributed by atoms with Crippen LogP contribution in [-0.2, 0) is 24.0 Å². The van der Waals surface area contributed by atoms with Gasteiger partial charge in [0.2, 0.25) is 23.6 Å². The number of carbonyl (C=O) groups excluding carboxylic acids is 4. The van der Waals surface area contributed by atoms with Gasteiger partial charge in [0.25, 0.3) is 0 Å². The second-order valence-corrected chi connectivity index (χ2v) is 10.4. The number of carboxylic acids is 1. The van der Waals surface area contributed by atoms with Crippen molar-refractivity contribution in [2.24, 2.45) is 11.8 Å². The van der Waals surface area contributed by atoms with Crippen molar-refractivity contribution in [2.45, 2.75) is 118 Å². The number of nitrogens with one attached hydrogen (secondary N) is 5. The van der Waals surface area contributed by atoms with E-state index in [1.165, 1.54) is 0 Å². The van der Waals surface area contributed by atoms with E-state index >= 15 is 0 Å². The minimum atomic E-state index is -0.980. The van der Waals surface area contributed by atoms with Gasteiger partial charge in [0.05, 0.1) is 6.04 Å². The Morgan fingerprint density at radius 3 is 2.00 bits per heavy atom. The number of likely N-dealkylation sites (N-methyl/N-ethyl adjacent to an activating group) is 1. The second-order valence-electron chi connectivity index (χ2n) is 10.4. The normalized spacial score (nSPS) is 15.1. The van der Waals surface area contributed by atoms with Gasteiger partial charge in [-0.05, 0) is 44.9 Å². The number of hydrogen-bond acceptors (Lipinski definition) is 6. The van der Waals surface area contributed by atoms with Crippen molar-refractivity contribution < 1.29 is 29.1 Å². The summed E-state index contributed by atoms with van der Waals surface area (Å²) < 4.78 is 0. The van der Waals surface area contributed by atoms with Gasteiger partial charge in [-0.15, -0.1) is 0 Å². The van der Waals surface area contributed by atoms with E-state index in [1.54, 1.807) is 6.92 Å². The molecule has 6 N–H and O–H groups in total. The van der Waals surface area contributed by atoms with Crippen molar-refractivity contribution in [3.8, 4) is 0 Å². The second kappa shape index (κ2) is 19.4. The Morgan fingerprint density at radius 1 is 0.816 bits per heavy atom. The molecule has 220 valence electrons. The van der Waals surface area contributed by atoms with Crippen LogP contribution in [0.5, 0.6) is 0 Å². The van der Waals surface area contributed by atoms with Gasteiger partial charge in [0.1, 0.15) is 12.1 Å². The molecule has 0 aliphatic carbocycles. The van der Waals surface area contributed by atoms with Gasteiger partial charge in [-0.25, -0.2) is 0 Å². The number of aliphatic carboxylic acids is 1. The third-order valence-corrected chi connectivity index (χ3v) is 6.33. The number of rotatable bonds is 20. The molecule has 4 amide bonds. The molecule has 0 rings (SSSR count). The summed E-state index contributed by atoms with van der Waals surface area (Å²) in [5, 5.41) is 23.3. The maximum atomic E-state index is 13.3. The van der Waals surface area contributed by atoms with Gasteiger partial charge in [-0.3, -0.25) is 24.0 Å². The lowest BCUT2D eigenvalue weighted by Crippen LogP contribution is -2.57. The van der Waals surface area contributed by atoms with Gasteiger partial charge in [-0.2, -0.15) is 0 Å². The van der Waals surface area contributed by atoms with Crippen molar-refractivity contribution >= 4 is 29.6 Å². The van der Waals surface area contributed by atoms with Crippen LogP contribution in [0, 0.1) is 11.8 Å². The van der Waals surface area contributed by atoms with Gasteiger partial charge >= 0.3 is 5.97 Å². The molecule has 0 aromatic heterocycles. The Balaban J connectivity index is 5.37. The van der Waals surface area contributed by atoms with Crippen molar-refractivity contribution in [1.29, 1.82) is 0 Å². The van der Waals surface area contributed by atoms with Crippen LogP contribution in [-0.4, -0.2) is 72.0 Å². The molecule has 11 heteroatoms. The Morgan fingerprint density at radius 2 is 1.47 bits per heavy atom. The number of hydrogen-bond donors (Lipinski definition) is 6. The first kappa shape index (κ1) is 35.3. The van der Waals surface area contributed by atoms with Crippen LogP contribution >= 0.6 is 0 Å². The third kappa shape index (κ3) is 14.9. The van der Waals surface area contributed by atoms with Crippen LogP contribution < -0.4 is 26.6 Å². The van der Waals surface area contributed by atoms with Crippen LogP contribution in [0.1, 0.15) is 93.4 Å². The highest BCUT2D eigenvalue weighted by Crippen LogP contribution is 2.11. The molecule has 0 spiro atoms. The lowest BCUT2D eigenvalue weighted by Gasteiger charge is -2.28. The van der Waals surface area contributed by atoms with E-state index in [1.807, 2.05) is 41.5 Å². The fourth-order valence-electron chi connectivity index (χ4n) is 3.97. The highest BCUT2D eigenvalue weighted by atomic mass is 16.4. The molecule has 0 aromatic rings. The van der Waals surface area contributed by atoms with Crippen LogP contribution in [0.2, 0.25) is 0 Å². The first-order valence-electron chi connectivity index (χ1n) is 14.0. The summed E-state index contributed by atoms with van der Waals surface area (Å²) in [7, 11) is 0. The highest BCUT2D eigenvalue weighted by molar-refractivity contribution is 5.92. The number of carboxylic acid groups (broad SMARTS) is 1. The minimum absolute atomic E-state index is 0.00394. The molecule has 0 radical (unpaired) electrons. The third-order valence-electron chi connectivity index (χ3n) is 6.33. The monoisotopic (exact) mass is 541 g/mol. The van der Waals surface area contributed by atoms with Gasteiger partial charge < -0.3 is 31.7 Å². The minimum Gasteiger partial charge on any atom is -0.481 e. The molecule has 0 saturated heterocycles. The summed E-state index contributed by atoms with van der Waals surface area (Å²) in [5.74, 6) is -2.12. The first-order chi connectivity index (χ1) is 17.9. The lowest BCUT2D eigenvalue weighted by atomic mass is 9.97. The van der Waals surface area contributed by atoms with Gasteiger partial charge in [0.15, 0.2) is 0 Å². The van der Waals surface area contributed by atoms with E-state index in [0.717, 1.165) is 0 Å². The molecule has 5 atom stereocenters. The molecule has 0 bridgehead atoms.